The summed E-state index contributed by atoms with van der Waals surface area (Å²) in [5.74, 6) is -0.834. The van der Waals surface area contributed by atoms with Gasteiger partial charge in [-0.3, -0.25) is 19.7 Å². The maximum absolute atomic E-state index is 12.9. The molecule has 0 radical (unpaired) electrons. The van der Waals surface area contributed by atoms with Gasteiger partial charge in [-0.2, -0.15) is 0 Å². The molecule has 146 valence electrons. The van der Waals surface area contributed by atoms with Crippen LogP contribution in [0.1, 0.15) is 15.9 Å². The molecule has 0 aliphatic carbocycles. The highest BCUT2D eigenvalue weighted by Crippen LogP contribution is 2.17. The first-order valence-electron chi connectivity index (χ1n) is 8.98. The third-order valence-corrected chi connectivity index (χ3v) is 4.26. The predicted molar refractivity (Wildman–Crippen MR) is 110 cm³/mol. The minimum atomic E-state index is -0.857. The first kappa shape index (κ1) is 19.8. The Kier molecular flexibility index (Phi) is 6.32. The molecule has 0 saturated carbocycles. The van der Waals surface area contributed by atoms with Gasteiger partial charge in [-0.15, -0.1) is 0 Å². The van der Waals surface area contributed by atoms with E-state index in [2.05, 4.69) is 10.6 Å². The minimum Gasteiger partial charge on any atom is -0.340 e. The number of non-ortho nitro benzene ring substituents is 1. The number of rotatable bonds is 7. The first-order chi connectivity index (χ1) is 14.0. The third kappa shape index (κ3) is 5.49. The molecule has 0 fully saturated rings. The van der Waals surface area contributed by atoms with E-state index in [9.17, 15) is 19.7 Å². The van der Waals surface area contributed by atoms with Gasteiger partial charge < -0.3 is 10.6 Å². The zero-order valence-corrected chi connectivity index (χ0v) is 15.4. The summed E-state index contributed by atoms with van der Waals surface area (Å²) in [6, 6.07) is 22.7. The monoisotopic (exact) mass is 389 g/mol. The molecule has 3 rings (SSSR count). The lowest BCUT2D eigenvalue weighted by molar-refractivity contribution is -0.384. The van der Waals surface area contributed by atoms with Crippen molar-refractivity contribution in [3.05, 3.63) is 106 Å². The van der Waals surface area contributed by atoms with E-state index < -0.39 is 16.9 Å². The molecule has 0 heterocycles. The van der Waals surface area contributed by atoms with E-state index in [-0.39, 0.29) is 23.7 Å². The van der Waals surface area contributed by atoms with Crippen molar-refractivity contribution < 1.29 is 14.5 Å². The van der Waals surface area contributed by atoms with Crippen LogP contribution in [0.2, 0.25) is 0 Å². The number of nitrogens with one attached hydrogen (secondary N) is 2. The van der Waals surface area contributed by atoms with Gasteiger partial charge >= 0.3 is 0 Å². The number of hydrogen-bond acceptors (Lipinski definition) is 4. The average molecular weight is 389 g/mol. The number of benzene rings is 3. The summed E-state index contributed by atoms with van der Waals surface area (Å²) in [5.41, 5.74) is 1.47. The second kappa shape index (κ2) is 9.27. The highest BCUT2D eigenvalue weighted by atomic mass is 16.6. The van der Waals surface area contributed by atoms with Crippen LogP contribution in [0.25, 0.3) is 0 Å². The lowest BCUT2D eigenvalue weighted by Gasteiger charge is -2.19. The molecule has 7 heteroatoms. The lowest BCUT2D eigenvalue weighted by atomic mass is 10.0. The van der Waals surface area contributed by atoms with Crippen LogP contribution < -0.4 is 10.6 Å². The molecule has 0 aliphatic rings. The van der Waals surface area contributed by atoms with Crippen molar-refractivity contribution in [3.8, 4) is 0 Å². The highest BCUT2D eigenvalue weighted by molar-refractivity contribution is 6.01. The van der Waals surface area contributed by atoms with Crippen LogP contribution in [0.5, 0.6) is 0 Å². The van der Waals surface area contributed by atoms with Crippen LogP contribution in [-0.2, 0) is 11.2 Å². The first-order valence-corrected chi connectivity index (χ1v) is 8.98. The fourth-order valence-corrected chi connectivity index (χ4v) is 2.82. The van der Waals surface area contributed by atoms with E-state index in [1.807, 2.05) is 30.3 Å². The Morgan fingerprint density at radius 1 is 0.897 bits per heavy atom. The molecule has 29 heavy (non-hydrogen) atoms. The molecule has 2 N–H and O–H groups in total. The summed E-state index contributed by atoms with van der Waals surface area (Å²) >= 11 is 0. The molecule has 0 aliphatic heterocycles. The fraction of sp³-hybridized carbons (Fsp3) is 0.0909. The molecule has 0 bridgehead atoms. The van der Waals surface area contributed by atoms with Crippen LogP contribution in [0.3, 0.4) is 0 Å². The van der Waals surface area contributed by atoms with Crippen molar-refractivity contribution in [1.82, 2.24) is 5.32 Å². The number of anilines is 1. The predicted octanol–water partition coefficient (Wildman–Crippen LogP) is 3.57. The average Bonchev–Trinajstić information content (AvgIpc) is 2.74. The van der Waals surface area contributed by atoms with Gasteiger partial charge in [0.1, 0.15) is 6.04 Å². The second-order valence-corrected chi connectivity index (χ2v) is 6.38. The maximum Gasteiger partial charge on any atom is 0.271 e. The zero-order chi connectivity index (χ0) is 20.6. The van der Waals surface area contributed by atoms with Crippen LogP contribution in [0, 0.1) is 10.1 Å². The summed E-state index contributed by atoms with van der Waals surface area (Å²) in [5, 5.41) is 16.4. The van der Waals surface area contributed by atoms with E-state index >= 15 is 0 Å². The van der Waals surface area contributed by atoms with Gasteiger partial charge in [-0.25, -0.2) is 0 Å². The molecule has 0 saturated heterocycles. The van der Waals surface area contributed by atoms with Gasteiger partial charge in [0.25, 0.3) is 11.6 Å². The van der Waals surface area contributed by atoms with Gasteiger partial charge in [0, 0.05) is 29.8 Å². The van der Waals surface area contributed by atoms with Gasteiger partial charge in [0.15, 0.2) is 0 Å². The zero-order valence-electron chi connectivity index (χ0n) is 15.4. The number of nitrogens with zero attached hydrogens (tertiary/aromatic N) is 1. The molecule has 3 aromatic carbocycles. The van der Waals surface area contributed by atoms with Crippen molar-refractivity contribution >= 4 is 23.2 Å². The summed E-state index contributed by atoms with van der Waals surface area (Å²) in [4.78, 5) is 35.9. The van der Waals surface area contributed by atoms with Gasteiger partial charge in [0.2, 0.25) is 5.91 Å². The van der Waals surface area contributed by atoms with E-state index in [4.69, 9.17) is 0 Å². The van der Waals surface area contributed by atoms with Crippen molar-refractivity contribution in [3.63, 3.8) is 0 Å². The standard InChI is InChI=1S/C22H19N3O4/c26-21(17-10-5-2-6-11-17)24-20(14-16-8-3-1-4-9-16)22(27)23-18-12-7-13-19(15-18)25(28)29/h1-13,15,20H,14H2,(H,23,27)(H,24,26)/t20-/m0/s1. The Hall–Kier alpha value is -4.00. The van der Waals surface area contributed by atoms with E-state index in [1.165, 1.54) is 18.2 Å². The number of nitro benzene ring substituents is 1. The smallest absolute Gasteiger partial charge is 0.271 e. The highest BCUT2D eigenvalue weighted by Gasteiger charge is 2.22. The van der Waals surface area contributed by atoms with E-state index in [1.54, 1.807) is 36.4 Å². The van der Waals surface area contributed by atoms with Crippen molar-refractivity contribution in [2.24, 2.45) is 0 Å². The minimum absolute atomic E-state index is 0.129. The van der Waals surface area contributed by atoms with Gasteiger partial charge in [0.05, 0.1) is 4.92 Å². The Labute approximate surface area is 167 Å². The van der Waals surface area contributed by atoms with Crippen LogP contribution >= 0.6 is 0 Å². The molecular formula is C22H19N3O4. The largest absolute Gasteiger partial charge is 0.340 e. The summed E-state index contributed by atoms with van der Waals surface area (Å²) in [6.45, 7) is 0. The number of carbonyl (C=O) groups excluding carboxylic acids is 2. The Bertz CT molecular complexity index is 1010. The number of nitro groups is 1. The summed E-state index contributed by atoms with van der Waals surface area (Å²) in [6.07, 6.45) is 0.278. The Balaban J connectivity index is 1.79. The third-order valence-electron chi connectivity index (χ3n) is 4.26. The number of amides is 2. The summed E-state index contributed by atoms with van der Waals surface area (Å²) < 4.78 is 0. The van der Waals surface area contributed by atoms with Gasteiger partial charge in [-0.05, 0) is 23.8 Å². The Morgan fingerprint density at radius 2 is 1.55 bits per heavy atom. The molecule has 1 atom stereocenters. The van der Waals surface area contributed by atoms with Crippen molar-refractivity contribution in [1.29, 1.82) is 0 Å². The number of carbonyl (C=O) groups is 2. The van der Waals surface area contributed by atoms with Crippen molar-refractivity contribution in [2.45, 2.75) is 12.5 Å². The molecule has 3 aromatic rings. The summed E-state index contributed by atoms with van der Waals surface area (Å²) in [7, 11) is 0. The lowest BCUT2D eigenvalue weighted by Crippen LogP contribution is -2.45. The van der Waals surface area contributed by atoms with Crippen molar-refractivity contribution in [2.75, 3.05) is 5.32 Å². The quantitative estimate of drug-likeness (QED) is 0.476. The molecule has 2 amide bonds. The molecular weight excluding hydrogens is 370 g/mol. The van der Waals surface area contributed by atoms with Crippen LogP contribution in [-0.4, -0.2) is 22.8 Å². The fourth-order valence-electron chi connectivity index (χ4n) is 2.82. The molecule has 0 aromatic heterocycles. The van der Waals surface area contributed by atoms with E-state index in [0.29, 0.717) is 5.56 Å². The van der Waals surface area contributed by atoms with E-state index in [0.717, 1.165) is 5.56 Å². The normalized spacial score (nSPS) is 11.3. The second-order valence-electron chi connectivity index (χ2n) is 6.38. The number of hydrogen-bond donors (Lipinski definition) is 2. The van der Waals surface area contributed by atoms with Crippen LogP contribution in [0.4, 0.5) is 11.4 Å². The maximum atomic E-state index is 12.9. The van der Waals surface area contributed by atoms with Gasteiger partial charge in [-0.1, -0.05) is 54.6 Å². The molecule has 0 spiro atoms. The van der Waals surface area contributed by atoms with Crippen LogP contribution in [0.15, 0.2) is 84.9 Å². The Morgan fingerprint density at radius 3 is 2.21 bits per heavy atom. The SMILES string of the molecule is O=C(N[C@@H](Cc1ccccc1)C(=O)Nc1cccc([N+](=O)[O-])c1)c1ccccc1. The topological polar surface area (TPSA) is 101 Å². The molecule has 0 unspecified atom stereocenters. The molecule has 7 nitrogen and oxygen atoms in total.